The van der Waals surface area contributed by atoms with Crippen LogP contribution in [0.15, 0.2) is 65.8 Å². The summed E-state index contributed by atoms with van der Waals surface area (Å²) in [7, 11) is 0. The van der Waals surface area contributed by atoms with Gasteiger partial charge in [-0.05, 0) is 30.7 Å². The lowest BCUT2D eigenvalue weighted by Gasteiger charge is -2.05. The topological polar surface area (TPSA) is 81.3 Å². The molecular weight excluding hydrogens is 294 g/mol. The highest BCUT2D eigenvalue weighted by Gasteiger charge is 2.06. The summed E-state index contributed by atoms with van der Waals surface area (Å²) in [5, 5.41) is 14.9. The molecule has 0 radical (unpaired) electrons. The highest BCUT2D eigenvalue weighted by molar-refractivity contribution is 5.79. The molecule has 0 aliphatic carbocycles. The van der Waals surface area contributed by atoms with E-state index in [-0.39, 0.29) is 5.69 Å². The molecule has 2 rings (SSSR count). The molecule has 0 bridgehead atoms. The van der Waals surface area contributed by atoms with Gasteiger partial charge in [0, 0.05) is 18.2 Å². The van der Waals surface area contributed by atoms with Gasteiger partial charge in [0.05, 0.1) is 11.1 Å². The third-order valence-corrected chi connectivity index (χ3v) is 3.03. The van der Waals surface area contributed by atoms with E-state index in [9.17, 15) is 10.1 Å². The van der Waals surface area contributed by atoms with E-state index in [1.54, 1.807) is 23.8 Å². The van der Waals surface area contributed by atoms with Gasteiger partial charge in [0.25, 0.3) is 5.69 Å². The molecule has 0 spiro atoms. The lowest BCUT2D eigenvalue weighted by Crippen LogP contribution is -2.71. The van der Waals surface area contributed by atoms with Crippen molar-refractivity contribution in [3.63, 3.8) is 0 Å². The molecule has 0 aliphatic heterocycles. The van der Waals surface area contributed by atoms with Gasteiger partial charge in [-0.3, -0.25) is 10.1 Å². The maximum atomic E-state index is 10.6. The fraction of sp³-hybridized carbons (Fsp3) is 0.118. The monoisotopic (exact) mass is 312 g/mol. The van der Waals surface area contributed by atoms with Gasteiger partial charge in [0.1, 0.15) is 6.61 Å². The molecule has 0 aliphatic rings. The van der Waals surface area contributed by atoms with Crippen LogP contribution in [0.25, 0.3) is 0 Å². The van der Waals surface area contributed by atoms with Crippen molar-refractivity contribution in [2.75, 3.05) is 6.61 Å². The summed E-state index contributed by atoms with van der Waals surface area (Å²) < 4.78 is 5.66. The molecule has 2 aromatic rings. The first-order valence-corrected chi connectivity index (χ1v) is 7.14. The predicted octanol–water partition coefficient (Wildman–Crippen LogP) is 2.78. The third kappa shape index (κ3) is 5.05. The van der Waals surface area contributed by atoms with E-state index in [0.29, 0.717) is 6.61 Å². The van der Waals surface area contributed by atoms with E-state index in [2.05, 4.69) is 5.10 Å². The van der Waals surface area contributed by atoms with Crippen LogP contribution in [0.5, 0.6) is 5.75 Å². The molecule has 0 heterocycles. The molecule has 118 valence electrons. The first kappa shape index (κ1) is 16.4. The van der Waals surface area contributed by atoms with Crippen LogP contribution in [-0.4, -0.2) is 17.7 Å². The molecule has 0 atom stereocenters. The van der Waals surface area contributed by atoms with Crippen LogP contribution in [0.3, 0.4) is 0 Å². The zero-order valence-electron chi connectivity index (χ0n) is 12.8. The van der Waals surface area contributed by atoms with E-state index < -0.39 is 4.92 Å². The minimum Gasteiger partial charge on any atom is -0.483 e. The fourth-order valence-corrected chi connectivity index (χ4v) is 1.84. The smallest absolute Gasteiger partial charge is 0.269 e. The predicted molar refractivity (Wildman–Crippen MR) is 89.0 cm³/mol. The lowest BCUT2D eigenvalue weighted by atomic mass is 10.2. The van der Waals surface area contributed by atoms with Crippen LogP contribution < -0.4 is 10.2 Å². The van der Waals surface area contributed by atoms with Crippen molar-refractivity contribution in [1.82, 2.24) is 0 Å². The standard InChI is InChI=1S/C17H17N3O3/c1-2-3-12-23-17-7-5-4-6-16(17)19-18-13-14-8-10-15(11-9-14)20(21)22/h2-11,13,19H,12H2,1H3/p+1/b3-2+,18-13-. The van der Waals surface area contributed by atoms with Gasteiger partial charge in [-0.2, -0.15) is 5.43 Å². The van der Waals surface area contributed by atoms with Crippen LogP contribution in [0, 0.1) is 10.1 Å². The van der Waals surface area contributed by atoms with Crippen molar-refractivity contribution >= 4 is 17.6 Å². The van der Waals surface area contributed by atoms with Crippen molar-refractivity contribution in [3.05, 3.63) is 76.4 Å². The van der Waals surface area contributed by atoms with E-state index in [4.69, 9.17) is 4.74 Å². The number of benzene rings is 2. The first-order chi connectivity index (χ1) is 11.2. The molecule has 6 nitrogen and oxygen atoms in total. The van der Waals surface area contributed by atoms with Gasteiger partial charge in [0.15, 0.2) is 11.4 Å². The second-order valence-electron chi connectivity index (χ2n) is 4.67. The quantitative estimate of drug-likeness (QED) is 0.213. The molecule has 0 amide bonds. The summed E-state index contributed by atoms with van der Waals surface area (Å²) >= 11 is 0. The molecule has 6 heteroatoms. The summed E-state index contributed by atoms with van der Waals surface area (Å²) in [6.07, 6.45) is 5.50. The molecule has 0 unspecified atom stereocenters. The molecule has 0 saturated heterocycles. The number of para-hydroxylation sites is 1. The number of ether oxygens (including phenoxy) is 1. The largest absolute Gasteiger partial charge is 0.483 e. The van der Waals surface area contributed by atoms with Gasteiger partial charge in [-0.1, -0.05) is 29.4 Å². The molecule has 0 saturated carbocycles. The summed E-state index contributed by atoms with van der Waals surface area (Å²) in [5.41, 5.74) is 3.43. The Bertz CT molecular complexity index is 709. The Balaban J connectivity index is 2.01. The Morgan fingerprint density at radius 3 is 2.65 bits per heavy atom. The average molecular weight is 312 g/mol. The average Bonchev–Trinajstić information content (AvgIpc) is 2.57. The summed E-state index contributed by atoms with van der Waals surface area (Å²) in [5.74, 6) is 0.756. The number of hydrogen-bond acceptors (Lipinski definition) is 4. The van der Waals surface area contributed by atoms with E-state index in [1.807, 2.05) is 43.3 Å². The number of non-ortho nitro benzene ring substituents is 1. The van der Waals surface area contributed by atoms with Crippen molar-refractivity contribution in [3.8, 4) is 5.75 Å². The minimum absolute atomic E-state index is 0.0638. The Morgan fingerprint density at radius 1 is 1.22 bits per heavy atom. The normalized spacial score (nSPS) is 11.2. The second kappa shape index (κ2) is 8.45. The van der Waals surface area contributed by atoms with Crippen LogP contribution in [0.1, 0.15) is 12.5 Å². The summed E-state index contributed by atoms with van der Waals surface area (Å²) in [6, 6.07) is 13.8. The summed E-state index contributed by atoms with van der Waals surface area (Å²) in [4.78, 5) is 10.2. The summed E-state index contributed by atoms with van der Waals surface area (Å²) in [6.45, 7) is 2.45. The molecule has 2 aromatic carbocycles. The maximum absolute atomic E-state index is 10.6. The van der Waals surface area contributed by atoms with Crippen LogP contribution in [0.2, 0.25) is 0 Å². The van der Waals surface area contributed by atoms with Crippen LogP contribution >= 0.6 is 0 Å². The van der Waals surface area contributed by atoms with Gasteiger partial charge in [-0.25, -0.2) is 0 Å². The van der Waals surface area contributed by atoms with E-state index in [1.165, 1.54) is 12.1 Å². The SMILES string of the molecule is C/C=C/COc1ccccc1[NH2+]/N=C\c1ccc([N+](=O)[O-])cc1. The van der Waals surface area contributed by atoms with E-state index >= 15 is 0 Å². The Hall–Kier alpha value is -2.99. The zero-order valence-corrected chi connectivity index (χ0v) is 12.8. The zero-order chi connectivity index (χ0) is 16.5. The van der Waals surface area contributed by atoms with Crippen LogP contribution in [-0.2, 0) is 0 Å². The molecule has 23 heavy (non-hydrogen) atoms. The number of nitro groups is 1. The Kier molecular flexibility index (Phi) is 6.02. The number of rotatable bonds is 7. The van der Waals surface area contributed by atoms with Crippen LogP contribution in [0.4, 0.5) is 11.4 Å². The first-order valence-electron chi connectivity index (χ1n) is 7.14. The second-order valence-corrected chi connectivity index (χ2v) is 4.67. The van der Waals surface area contributed by atoms with Gasteiger partial charge in [0.2, 0.25) is 0 Å². The van der Waals surface area contributed by atoms with Gasteiger partial charge < -0.3 is 4.74 Å². The lowest BCUT2D eigenvalue weighted by molar-refractivity contribution is -0.577. The fourth-order valence-electron chi connectivity index (χ4n) is 1.84. The maximum Gasteiger partial charge on any atom is 0.269 e. The minimum atomic E-state index is -0.425. The van der Waals surface area contributed by atoms with Crippen molar-refractivity contribution < 1.29 is 15.1 Å². The number of nitro benzene ring substituents is 1. The number of quaternary nitrogens is 1. The molecule has 0 fully saturated rings. The van der Waals surface area contributed by atoms with Crippen molar-refractivity contribution in [1.29, 1.82) is 0 Å². The third-order valence-electron chi connectivity index (χ3n) is 3.03. The highest BCUT2D eigenvalue weighted by atomic mass is 16.6. The Morgan fingerprint density at radius 2 is 1.96 bits per heavy atom. The van der Waals surface area contributed by atoms with Crippen molar-refractivity contribution in [2.45, 2.75) is 6.92 Å². The van der Waals surface area contributed by atoms with Crippen molar-refractivity contribution in [2.24, 2.45) is 5.10 Å². The number of nitrogens with zero attached hydrogens (tertiary/aromatic N) is 2. The van der Waals surface area contributed by atoms with Gasteiger partial charge >= 0.3 is 0 Å². The molecule has 0 aromatic heterocycles. The molecular formula is C17H18N3O3+. The number of allylic oxidation sites excluding steroid dienone is 1. The van der Waals surface area contributed by atoms with Gasteiger partial charge in [-0.15, -0.1) is 0 Å². The number of nitrogens with two attached hydrogens (primary N) is 1. The Labute approximate surface area is 134 Å². The van der Waals surface area contributed by atoms with E-state index in [0.717, 1.165) is 17.0 Å². The molecule has 2 N–H and O–H groups in total. The highest BCUT2D eigenvalue weighted by Crippen LogP contribution is 2.18. The number of hydrogen-bond donors (Lipinski definition) is 1.